The highest BCUT2D eigenvalue weighted by molar-refractivity contribution is 9.09. The molecular formula is C13H18BrNO2. The topological polar surface area (TPSA) is 38.3 Å². The normalized spacial score (nSPS) is 12.3. The van der Waals surface area contributed by atoms with Crippen LogP contribution in [0.2, 0.25) is 0 Å². The predicted octanol–water partition coefficient (Wildman–Crippen LogP) is 2.84. The van der Waals surface area contributed by atoms with Gasteiger partial charge in [0.1, 0.15) is 5.75 Å². The second-order valence-corrected chi connectivity index (χ2v) is 4.86. The van der Waals surface area contributed by atoms with Gasteiger partial charge in [0.15, 0.2) is 0 Å². The average Bonchev–Trinajstić information content (AvgIpc) is 2.35. The van der Waals surface area contributed by atoms with E-state index in [0.29, 0.717) is 17.2 Å². The molecule has 0 aliphatic carbocycles. The summed E-state index contributed by atoms with van der Waals surface area (Å²) in [6, 6.07) is 7.28. The van der Waals surface area contributed by atoms with Crippen molar-refractivity contribution >= 4 is 21.8 Å². The highest BCUT2D eigenvalue weighted by Crippen LogP contribution is 2.13. The number of rotatable bonds is 5. The minimum Gasteiger partial charge on any atom is -0.497 e. The molecule has 1 N–H and O–H groups in total. The molecule has 1 rings (SSSR count). The number of amides is 1. The van der Waals surface area contributed by atoms with Crippen LogP contribution in [0.25, 0.3) is 0 Å². The van der Waals surface area contributed by atoms with Gasteiger partial charge >= 0.3 is 0 Å². The largest absolute Gasteiger partial charge is 0.497 e. The molecule has 0 aliphatic heterocycles. The summed E-state index contributed by atoms with van der Waals surface area (Å²) < 4.78 is 5.09. The minimum absolute atomic E-state index is 0.0675. The van der Waals surface area contributed by atoms with Gasteiger partial charge in [-0.05, 0) is 24.1 Å². The van der Waals surface area contributed by atoms with Gasteiger partial charge in [-0.15, -0.1) is 0 Å². The first-order valence-corrected chi connectivity index (χ1v) is 6.71. The zero-order valence-corrected chi connectivity index (χ0v) is 12.0. The molecule has 3 nitrogen and oxygen atoms in total. The zero-order valence-electron chi connectivity index (χ0n) is 10.4. The highest BCUT2D eigenvalue weighted by Gasteiger charge is 2.16. The molecule has 17 heavy (non-hydrogen) atoms. The summed E-state index contributed by atoms with van der Waals surface area (Å²) in [6.45, 7) is 4.16. The van der Waals surface area contributed by atoms with E-state index in [9.17, 15) is 4.79 Å². The van der Waals surface area contributed by atoms with Gasteiger partial charge in [-0.2, -0.15) is 0 Å². The van der Waals surface area contributed by atoms with Crippen LogP contribution in [0.5, 0.6) is 5.75 Å². The van der Waals surface area contributed by atoms with Crippen LogP contribution in [0.4, 0.5) is 0 Å². The summed E-state index contributed by atoms with van der Waals surface area (Å²) in [5.41, 5.74) is 0.621. The molecule has 0 aromatic heterocycles. The number of halogens is 1. The molecule has 1 amide bonds. The predicted molar refractivity (Wildman–Crippen MR) is 72.9 cm³/mol. The van der Waals surface area contributed by atoms with Gasteiger partial charge < -0.3 is 10.1 Å². The first-order valence-electron chi connectivity index (χ1n) is 5.59. The van der Waals surface area contributed by atoms with Crippen LogP contribution in [0, 0.1) is 5.92 Å². The Morgan fingerprint density at radius 3 is 2.71 bits per heavy atom. The van der Waals surface area contributed by atoms with Crippen molar-refractivity contribution in [3.63, 3.8) is 0 Å². The molecule has 1 unspecified atom stereocenters. The fourth-order valence-corrected chi connectivity index (χ4v) is 2.31. The summed E-state index contributed by atoms with van der Waals surface area (Å²) in [6.07, 6.45) is 0. The number of hydrogen-bond donors (Lipinski definition) is 1. The van der Waals surface area contributed by atoms with Crippen molar-refractivity contribution in [1.29, 1.82) is 0 Å². The van der Waals surface area contributed by atoms with E-state index in [2.05, 4.69) is 35.1 Å². The Labute approximate surface area is 111 Å². The monoisotopic (exact) mass is 299 g/mol. The van der Waals surface area contributed by atoms with Crippen molar-refractivity contribution in [1.82, 2.24) is 5.32 Å². The van der Waals surface area contributed by atoms with Gasteiger partial charge in [0.05, 0.1) is 7.11 Å². The van der Waals surface area contributed by atoms with E-state index in [1.54, 1.807) is 19.2 Å². The maximum Gasteiger partial charge on any atom is 0.251 e. The maximum absolute atomic E-state index is 12.0. The Balaban J connectivity index is 2.75. The maximum atomic E-state index is 12.0. The SMILES string of the molecule is COc1cccc(C(=O)NC(CBr)C(C)C)c1. The van der Waals surface area contributed by atoms with Crippen molar-refractivity contribution < 1.29 is 9.53 Å². The van der Waals surface area contributed by atoms with Crippen LogP contribution in [0.1, 0.15) is 24.2 Å². The third-order valence-corrected chi connectivity index (χ3v) is 3.32. The van der Waals surface area contributed by atoms with Crippen LogP contribution in [-0.2, 0) is 0 Å². The van der Waals surface area contributed by atoms with E-state index >= 15 is 0 Å². The lowest BCUT2D eigenvalue weighted by Crippen LogP contribution is -2.39. The van der Waals surface area contributed by atoms with Crippen LogP contribution < -0.4 is 10.1 Å². The Morgan fingerprint density at radius 1 is 1.47 bits per heavy atom. The lowest BCUT2D eigenvalue weighted by atomic mass is 10.1. The molecule has 0 spiro atoms. The minimum atomic E-state index is -0.0675. The van der Waals surface area contributed by atoms with E-state index in [0.717, 1.165) is 5.33 Å². The van der Waals surface area contributed by atoms with Crippen LogP contribution in [0.15, 0.2) is 24.3 Å². The number of carbonyl (C=O) groups is 1. The van der Waals surface area contributed by atoms with Gasteiger partial charge in [0.2, 0.25) is 0 Å². The average molecular weight is 300 g/mol. The number of carbonyl (C=O) groups excluding carboxylic acids is 1. The molecule has 1 aromatic rings. The van der Waals surface area contributed by atoms with Gasteiger partial charge in [-0.1, -0.05) is 35.8 Å². The van der Waals surface area contributed by atoms with Crippen LogP contribution in [-0.4, -0.2) is 24.4 Å². The summed E-state index contributed by atoms with van der Waals surface area (Å²) in [5, 5.41) is 3.74. The summed E-state index contributed by atoms with van der Waals surface area (Å²) in [7, 11) is 1.59. The van der Waals surface area contributed by atoms with Gasteiger partial charge in [-0.25, -0.2) is 0 Å². The smallest absolute Gasteiger partial charge is 0.251 e. The number of ether oxygens (including phenoxy) is 1. The standard InChI is InChI=1S/C13H18BrNO2/c1-9(2)12(8-14)15-13(16)10-5-4-6-11(7-10)17-3/h4-7,9,12H,8H2,1-3H3,(H,15,16). The van der Waals surface area contributed by atoms with Crippen LogP contribution in [0.3, 0.4) is 0 Å². The number of hydrogen-bond acceptors (Lipinski definition) is 2. The van der Waals surface area contributed by atoms with E-state index in [-0.39, 0.29) is 11.9 Å². The van der Waals surface area contributed by atoms with E-state index in [1.165, 1.54) is 0 Å². The lowest BCUT2D eigenvalue weighted by Gasteiger charge is -2.20. The second kappa shape index (κ2) is 6.64. The highest BCUT2D eigenvalue weighted by atomic mass is 79.9. The third kappa shape index (κ3) is 4.04. The molecule has 4 heteroatoms. The van der Waals surface area contributed by atoms with E-state index in [1.807, 2.05) is 12.1 Å². The molecule has 0 bridgehead atoms. The first-order chi connectivity index (χ1) is 8.08. The van der Waals surface area contributed by atoms with Gasteiger partial charge in [0, 0.05) is 16.9 Å². The summed E-state index contributed by atoms with van der Waals surface area (Å²) >= 11 is 3.41. The molecule has 0 saturated carbocycles. The Hall–Kier alpha value is -1.03. The third-order valence-electron chi connectivity index (χ3n) is 2.62. The molecule has 1 atom stereocenters. The number of nitrogens with one attached hydrogen (secondary N) is 1. The zero-order chi connectivity index (χ0) is 12.8. The quantitative estimate of drug-likeness (QED) is 0.849. The van der Waals surface area contributed by atoms with Crippen molar-refractivity contribution in [3.05, 3.63) is 29.8 Å². The lowest BCUT2D eigenvalue weighted by molar-refractivity contribution is 0.0931. The van der Waals surface area contributed by atoms with Gasteiger partial charge in [0.25, 0.3) is 5.91 Å². The van der Waals surface area contributed by atoms with Crippen molar-refractivity contribution in [2.45, 2.75) is 19.9 Å². The Kier molecular flexibility index (Phi) is 5.48. The van der Waals surface area contributed by atoms with Gasteiger partial charge in [-0.3, -0.25) is 4.79 Å². The molecule has 0 aliphatic rings. The Bertz CT molecular complexity index is 379. The molecule has 0 radical (unpaired) electrons. The van der Waals surface area contributed by atoms with Crippen LogP contribution >= 0.6 is 15.9 Å². The van der Waals surface area contributed by atoms with Crippen molar-refractivity contribution in [3.8, 4) is 5.75 Å². The molecule has 94 valence electrons. The number of methoxy groups -OCH3 is 1. The van der Waals surface area contributed by atoms with E-state index < -0.39 is 0 Å². The molecular weight excluding hydrogens is 282 g/mol. The van der Waals surface area contributed by atoms with Crippen molar-refractivity contribution in [2.75, 3.05) is 12.4 Å². The second-order valence-electron chi connectivity index (χ2n) is 4.21. The molecule has 0 fully saturated rings. The summed E-state index contributed by atoms with van der Waals surface area (Å²) in [5.74, 6) is 1.02. The Morgan fingerprint density at radius 2 is 2.18 bits per heavy atom. The summed E-state index contributed by atoms with van der Waals surface area (Å²) in [4.78, 5) is 12.0. The van der Waals surface area contributed by atoms with E-state index in [4.69, 9.17) is 4.74 Å². The first kappa shape index (κ1) is 14.0. The number of alkyl halides is 1. The molecule has 1 aromatic carbocycles. The fraction of sp³-hybridized carbons (Fsp3) is 0.462. The molecule has 0 saturated heterocycles. The number of benzene rings is 1. The van der Waals surface area contributed by atoms with Crippen molar-refractivity contribution in [2.24, 2.45) is 5.92 Å². The fourth-order valence-electron chi connectivity index (χ4n) is 1.40. The molecule has 0 heterocycles.